The highest BCUT2D eigenvalue weighted by molar-refractivity contribution is 5.88. The maximum Gasteiger partial charge on any atom is 0.319 e. The molecule has 0 aliphatic rings. The molecule has 0 unspecified atom stereocenters. The van der Waals surface area contributed by atoms with Gasteiger partial charge in [0.15, 0.2) is 0 Å². The van der Waals surface area contributed by atoms with Crippen LogP contribution in [0.25, 0.3) is 0 Å². The zero-order chi connectivity index (χ0) is 15.1. The van der Waals surface area contributed by atoms with Crippen LogP contribution in [-0.4, -0.2) is 36.6 Å². The molecule has 6 nitrogen and oxygen atoms in total. The summed E-state index contributed by atoms with van der Waals surface area (Å²) in [5.41, 5.74) is 1.76. The van der Waals surface area contributed by atoms with E-state index in [9.17, 15) is 4.79 Å². The van der Waals surface area contributed by atoms with Gasteiger partial charge < -0.3 is 15.5 Å². The van der Waals surface area contributed by atoms with E-state index in [1.165, 1.54) is 5.56 Å². The quantitative estimate of drug-likeness (QED) is 0.880. The van der Waals surface area contributed by atoms with Crippen molar-refractivity contribution < 1.29 is 4.79 Å². The summed E-state index contributed by atoms with van der Waals surface area (Å²) in [5, 5.41) is 5.50. The Kier molecular flexibility index (Phi) is 5.09. The number of benzene rings is 1. The molecule has 0 atom stereocenters. The summed E-state index contributed by atoms with van der Waals surface area (Å²) >= 11 is 0. The van der Waals surface area contributed by atoms with Gasteiger partial charge in [-0.25, -0.2) is 14.8 Å². The van der Waals surface area contributed by atoms with Crippen LogP contribution < -0.4 is 15.5 Å². The number of anilines is 2. The van der Waals surface area contributed by atoms with Crippen LogP contribution in [-0.2, 0) is 6.42 Å². The highest BCUT2D eigenvalue weighted by Gasteiger charge is 2.03. The first-order valence-corrected chi connectivity index (χ1v) is 6.73. The summed E-state index contributed by atoms with van der Waals surface area (Å²) in [6.07, 6.45) is 3.96. The molecule has 2 N–H and O–H groups in total. The molecular weight excluding hydrogens is 266 g/mol. The van der Waals surface area contributed by atoms with Gasteiger partial charge in [0.05, 0.1) is 18.1 Å². The van der Waals surface area contributed by atoms with Crippen molar-refractivity contribution in [3.05, 3.63) is 48.3 Å². The molecular formula is C15H19N5O. The lowest BCUT2D eigenvalue weighted by Gasteiger charge is -2.10. The maximum absolute atomic E-state index is 11.7. The number of urea groups is 1. The first-order chi connectivity index (χ1) is 10.1. The van der Waals surface area contributed by atoms with Gasteiger partial charge in [0, 0.05) is 20.6 Å². The van der Waals surface area contributed by atoms with Crippen molar-refractivity contribution in [1.29, 1.82) is 0 Å². The zero-order valence-electron chi connectivity index (χ0n) is 12.2. The number of carbonyl (C=O) groups is 1. The van der Waals surface area contributed by atoms with Crippen LogP contribution in [0.2, 0.25) is 0 Å². The summed E-state index contributed by atoms with van der Waals surface area (Å²) in [5.74, 6) is 0.602. The van der Waals surface area contributed by atoms with E-state index < -0.39 is 0 Å². The largest absolute Gasteiger partial charge is 0.347 e. The van der Waals surface area contributed by atoms with Crippen LogP contribution >= 0.6 is 0 Å². The van der Waals surface area contributed by atoms with E-state index in [0.717, 1.165) is 6.42 Å². The van der Waals surface area contributed by atoms with Crippen LogP contribution in [0, 0.1) is 0 Å². The molecule has 2 amide bonds. The van der Waals surface area contributed by atoms with Crippen LogP contribution in [0.15, 0.2) is 42.7 Å². The monoisotopic (exact) mass is 285 g/mol. The summed E-state index contributed by atoms with van der Waals surface area (Å²) in [7, 11) is 3.72. The van der Waals surface area contributed by atoms with E-state index in [-0.39, 0.29) is 6.03 Å². The van der Waals surface area contributed by atoms with Crippen LogP contribution in [0.5, 0.6) is 0 Å². The normalized spacial score (nSPS) is 10.0. The number of rotatable bonds is 5. The lowest BCUT2D eigenvalue weighted by atomic mass is 10.1. The van der Waals surface area contributed by atoms with E-state index in [4.69, 9.17) is 0 Å². The molecule has 0 saturated carbocycles. The molecule has 0 fully saturated rings. The van der Waals surface area contributed by atoms with Gasteiger partial charge in [-0.3, -0.25) is 0 Å². The molecule has 1 aromatic carbocycles. The van der Waals surface area contributed by atoms with Gasteiger partial charge in [-0.2, -0.15) is 0 Å². The van der Waals surface area contributed by atoms with Gasteiger partial charge in [-0.05, 0) is 12.0 Å². The van der Waals surface area contributed by atoms with Crippen molar-refractivity contribution in [3.63, 3.8) is 0 Å². The van der Waals surface area contributed by atoms with Gasteiger partial charge in [0.2, 0.25) is 5.95 Å². The molecule has 1 heterocycles. The number of nitrogens with zero attached hydrogens (tertiary/aromatic N) is 3. The Morgan fingerprint density at radius 1 is 1.14 bits per heavy atom. The highest BCUT2D eigenvalue weighted by atomic mass is 16.2. The first-order valence-electron chi connectivity index (χ1n) is 6.73. The molecule has 2 rings (SSSR count). The summed E-state index contributed by atoms with van der Waals surface area (Å²) in [6, 6.07) is 9.76. The SMILES string of the molecule is CN(C)c1ncc(NC(=O)NCCc2ccccc2)cn1. The lowest BCUT2D eigenvalue weighted by molar-refractivity contribution is 0.252. The predicted octanol–water partition coefficient (Wildman–Crippen LogP) is 1.91. The van der Waals surface area contributed by atoms with Crippen molar-refractivity contribution in [1.82, 2.24) is 15.3 Å². The van der Waals surface area contributed by atoms with Gasteiger partial charge in [-0.1, -0.05) is 30.3 Å². The fourth-order valence-corrected chi connectivity index (χ4v) is 1.76. The lowest BCUT2D eigenvalue weighted by Crippen LogP contribution is -2.30. The Morgan fingerprint density at radius 2 is 1.81 bits per heavy atom. The third-order valence-corrected chi connectivity index (χ3v) is 2.84. The summed E-state index contributed by atoms with van der Waals surface area (Å²) in [6.45, 7) is 0.576. The van der Waals surface area contributed by atoms with E-state index in [1.54, 1.807) is 17.3 Å². The second-order valence-electron chi connectivity index (χ2n) is 4.78. The fraction of sp³-hybridized carbons (Fsp3) is 0.267. The molecule has 6 heteroatoms. The maximum atomic E-state index is 11.7. The number of hydrogen-bond acceptors (Lipinski definition) is 4. The van der Waals surface area contributed by atoms with Gasteiger partial charge >= 0.3 is 6.03 Å². The zero-order valence-corrected chi connectivity index (χ0v) is 12.2. The Bertz CT molecular complexity index is 568. The average molecular weight is 285 g/mol. The minimum absolute atomic E-state index is 0.257. The van der Waals surface area contributed by atoms with Crippen molar-refractivity contribution in [2.24, 2.45) is 0 Å². The molecule has 0 aliphatic heterocycles. The third-order valence-electron chi connectivity index (χ3n) is 2.84. The molecule has 0 aliphatic carbocycles. The second-order valence-corrected chi connectivity index (χ2v) is 4.78. The smallest absolute Gasteiger partial charge is 0.319 e. The van der Waals surface area contributed by atoms with Crippen LogP contribution in [0.1, 0.15) is 5.56 Å². The molecule has 0 bridgehead atoms. The molecule has 2 aromatic rings. The molecule has 0 radical (unpaired) electrons. The topological polar surface area (TPSA) is 70.2 Å². The van der Waals surface area contributed by atoms with E-state index in [1.807, 2.05) is 44.4 Å². The van der Waals surface area contributed by atoms with E-state index >= 15 is 0 Å². The second kappa shape index (κ2) is 7.23. The van der Waals surface area contributed by atoms with E-state index in [2.05, 4.69) is 20.6 Å². The number of amides is 2. The summed E-state index contributed by atoms with van der Waals surface area (Å²) < 4.78 is 0. The summed E-state index contributed by atoms with van der Waals surface area (Å²) in [4.78, 5) is 21.8. The fourth-order valence-electron chi connectivity index (χ4n) is 1.76. The minimum Gasteiger partial charge on any atom is -0.347 e. The number of hydrogen-bond donors (Lipinski definition) is 2. The Hall–Kier alpha value is -2.63. The molecule has 21 heavy (non-hydrogen) atoms. The number of nitrogens with one attached hydrogen (secondary N) is 2. The molecule has 1 aromatic heterocycles. The third kappa shape index (κ3) is 4.76. The van der Waals surface area contributed by atoms with Crippen LogP contribution in [0.3, 0.4) is 0 Å². The Labute approximate surface area is 124 Å². The van der Waals surface area contributed by atoms with Gasteiger partial charge in [0.25, 0.3) is 0 Å². The standard InChI is InChI=1S/C15H19N5O/c1-20(2)14-17-10-13(11-18-14)19-15(21)16-9-8-12-6-4-3-5-7-12/h3-7,10-11H,8-9H2,1-2H3,(H2,16,19,21). The minimum atomic E-state index is -0.257. The van der Waals surface area contributed by atoms with Crippen molar-refractivity contribution in [3.8, 4) is 0 Å². The van der Waals surface area contributed by atoms with Gasteiger partial charge in [-0.15, -0.1) is 0 Å². The van der Waals surface area contributed by atoms with Crippen LogP contribution in [0.4, 0.5) is 16.4 Å². The molecule has 110 valence electrons. The van der Waals surface area contributed by atoms with Crippen molar-refractivity contribution in [2.45, 2.75) is 6.42 Å². The predicted molar refractivity (Wildman–Crippen MR) is 83.5 cm³/mol. The Balaban J connectivity index is 1.76. The highest BCUT2D eigenvalue weighted by Crippen LogP contribution is 2.07. The Morgan fingerprint density at radius 3 is 2.43 bits per heavy atom. The van der Waals surface area contributed by atoms with Crippen molar-refractivity contribution >= 4 is 17.7 Å². The van der Waals surface area contributed by atoms with E-state index in [0.29, 0.717) is 18.2 Å². The number of carbonyl (C=O) groups excluding carboxylic acids is 1. The average Bonchev–Trinajstić information content (AvgIpc) is 2.49. The first kappa shape index (κ1) is 14.8. The molecule has 0 saturated heterocycles. The van der Waals surface area contributed by atoms with Crippen molar-refractivity contribution in [2.75, 3.05) is 30.9 Å². The number of aromatic nitrogens is 2. The van der Waals surface area contributed by atoms with Gasteiger partial charge in [0.1, 0.15) is 0 Å². The molecule has 0 spiro atoms.